The number of rotatable bonds is 6. The van der Waals surface area contributed by atoms with Gasteiger partial charge in [0.2, 0.25) is 5.88 Å². The Kier molecular flexibility index (Phi) is 6.64. The minimum absolute atomic E-state index is 0.166. The number of carbonyl (C=O) groups is 1. The molecule has 0 aliphatic carbocycles. The van der Waals surface area contributed by atoms with Crippen LogP contribution in [0, 0.1) is 0 Å². The van der Waals surface area contributed by atoms with Crippen molar-refractivity contribution in [3.8, 4) is 5.88 Å². The zero-order chi connectivity index (χ0) is 22.0. The van der Waals surface area contributed by atoms with E-state index in [2.05, 4.69) is 43.9 Å². The summed E-state index contributed by atoms with van der Waals surface area (Å²) in [5.74, 6) is 0.304. The molecule has 0 amide bonds. The molecule has 0 saturated heterocycles. The van der Waals surface area contributed by atoms with Crippen LogP contribution < -0.4 is 10.5 Å². The Bertz CT molecular complexity index is 866. The summed E-state index contributed by atoms with van der Waals surface area (Å²) in [7, 11) is -1.78. The minimum atomic E-state index is -1.78. The first-order valence-electron chi connectivity index (χ1n) is 9.86. The van der Waals surface area contributed by atoms with Gasteiger partial charge in [0, 0.05) is 13.0 Å². The monoisotopic (exact) mass is 422 g/mol. The highest BCUT2D eigenvalue weighted by atomic mass is 28.4. The van der Waals surface area contributed by atoms with E-state index in [1.54, 1.807) is 26.8 Å². The molecular weight excluding hydrogens is 388 g/mol. The summed E-state index contributed by atoms with van der Waals surface area (Å²) >= 11 is 0. The molecule has 0 aliphatic heterocycles. The Morgan fingerprint density at radius 2 is 1.83 bits per heavy atom. The lowest BCUT2D eigenvalue weighted by atomic mass is 10.2. The molecule has 0 unspecified atom stereocenters. The smallest absolute Gasteiger partial charge is 0.437 e. The predicted molar refractivity (Wildman–Crippen MR) is 117 cm³/mol. The number of carbonyl (C=O) groups excluding carboxylic acids is 1. The van der Waals surface area contributed by atoms with Crippen molar-refractivity contribution < 1.29 is 18.7 Å². The third kappa shape index (κ3) is 5.93. The summed E-state index contributed by atoms with van der Waals surface area (Å²) in [5.41, 5.74) is 6.02. The van der Waals surface area contributed by atoms with Crippen LogP contribution >= 0.6 is 0 Å². The van der Waals surface area contributed by atoms with E-state index in [-0.39, 0.29) is 5.04 Å². The van der Waals surface area contributed by atoms with Crippen LogP contribution in [-0.4, -0.2) is 48.0 Å². The largest absolute Gasteiger partial charge is 0.476 e. The Balaban J connectivity index is 2.09. The van der Waals surface area contributed by atoms with Gasteiger partial charge in [-0.25, -0.2) is 9.78 Å². The van der Waals surface area contributed by atoms with Gasteiger partial charge in [0.25, 0.3) is 0 Å². The van der Waals surface area contributed by atoms with Crippen molar-refractivity contribution in [3.63, 3.8) is 0 Å². The number of ether oxygens (including phenoxy) is 2. The summed E-state index contributed by atoms with van der Waals surface area (Å²) in [6.07, 6.45) is 1.57. The van der Waals surface area contributed by atoms with Gasteiger partial charge in [0.1, 0.15) is 5.60 Å². The van der Waals surface area contributed by atoms with Gasteiger partial charge in [0.05, 0.1) is 23.9 Å². The van der Waals surface area contributed by atoms with Crippen molar-refractivity contribution >= 4 is 31.1 Å². The van der Waals surface area contributed by atoms with Crippen LogP contribution in [0.2, 0.25) is 18.1 Å². The van der Waals surface area contributed by atoms with E-state index in [1.807, 2.05) is 0 Å². The van der Waals surface area contributed by atoms with Crippen LogP contribution in [0.15, 0.2) is 12.3 Å². The number of nitrogens with two attached hydrogens (primary N) is 1. The molecule has 162 valence electrons. The third-order valence-electron chi connectivity index (χ3n) is 4.87. The van der Waals surface area contributed by atoms with Crippen LogP contribution in [0.5, 0.6) is 5.88 Å². The quantitative estimate of drug-likeness (QED) is 0.536. The van der Waals surface area contributed by atoms with E-state index in [9.17, 15) is 4.79 Å². The van der Waals surface area contributed by atoms with Crippen LogP contribution in [0.3, 0.4) is 0 Å². The number of nitrogens with zero attached hydrogens (tertiary/aromatic N) is 3. The molecule has 29 heavy (non-hydrogen) atoms. The normalized spacial score (nSPS) is 13.0. The lowest BCUT2D eigenvalue weighted by molar-refractivity contribution is 0.0518. The molecule has 2 heterocycles. The molecule has 9 heteroatoms. The molecule has 0 radical (unpaired) electrons. The fourth-order valence-corrected chi connectivity index (χ4v) is 3.39. The molecule has 0 aromatic carbocycles. The van der Waals surface area contributed by atoms with Crippen molar-refractivity contribution in [3.05, 3.63) is 12.3 Å². The minimum Gasteiger partial charge on any atom is -0.476 e. The second-order valence-electron chi connectivity index (χ2n) is 9.65. The number of aromatic nitrogens is 3. The maximum atomic E-state index is 12.5. The molecule has 2 aromatic heterocycles. The first-order valence-corrected chi connectivity index (χ1v) is 12.8. The van der Waals surface area contributed by atoms with Gasteiger partial charge >= 0.3 is 6.09 Å². The highest BCUT2D eigenvalue weighted by Crippen LogP contribution is 2.36. The predicted octanol–water partition coefficient (Wildman–Crippen LogP) is 4.59. The zero-order valence-electron chi connectivity index (χ0n) is 18.8. The Labute approximate surface area is 173 Å². The average molecular weight is 423 g/mol. The molecular formula is C20H34N4O4Si. The van der Waals surface area contributed by atoms with Crippen LogP contribution in [0.1, 0.15) is 48.0 Å². The van der Waals surface area contributed by atoms with E-state index in [0.29, 0.717) is 42.2 Å². The van der Waals surface area contributed by atoms with E-state index >= 15 is 0 Å². The topological polar surface area (TPSA) is 101 Å². The fraction of sp³-hybridized carbons (Fsp3) is 0.650. The Hall–Kier alpha value is -2.13. The second-order valence-corrected chi connectivity index (χ2v) is 14.5. The van der Waals surface area contributed by atoms with Gasteiger partial charge < -0.3 is 19.6 Å². The maximum Gasteiger partial charge on any atom is 0.437 e. The fourth-order valence-electron chi connectivity index (χ4n) is 2.30. The molecule has 0 atom stereocenters. The van der Waals surface area contributed by atoms with Crippen LogP contribution in [0.25, 0.3) is 11.0 Å². The van der Waals surface area contributed by atoms with Gasteiger partial charge in [-0.2, -0.15) is 0 Å². The summed E-state index contributed by atoms with van der Waals surface area (Å²) in [6.45, 7) is 17.5. The van der Waals surface area contributed by atoms with Crippen molar-refractivity contribution in [2.45, 2.75) is 71.7 Å². The Morgan fingerprint density at radius 3 is 2.41 bits per heavy atom. The molecule has 0 spiro atoms. The number of nitrogen functional groups attached to an aromatic ring is 1. The first kappa shape index (κ1) is 23.1. The molecule has 2 aromatic rings. The zero-order valence-corrected chi connectivity index (χ0v) is 19.8. The lowest BCUT2D eigenvalue weighted by Gasteiger charge is -2.36. The van der Waals surface area contributed by atoms with Gasteiger partial charge in [0.15, 0.2) is 14.0 Å². The van der Waals surface area contributed by atoms with Gasteiger partial charge in [-0.15, -0.1) is 9.78 Å². The van der Waals surface area contributed by atoms with E-state index in [4.69, 9.17) is 19.6 Å². The molecule has 0 bridgehead atoms. The molecule has 0 fully saturated rings. The van der Waals surface area contributed by atoms with Crippen LogP contribution in [0.4, 0.5) is 10.5 Å². The third-order valence-corrected chi connectivity index (χ3v) is 9.41. The highest BCUT2D eigenvalue weighted by molar-refractivity contribution is 6.74. The number of fused-ring (bicyclic) bond motifs is 1. The molecule has 8 nitrogen and oxygen atoms in total. The van der Waals surface area contributed by atoms with E-state index in [0.717, 1.165) is 4.68 Å². The number of anilines is 1. The van der Waals surface area contributed by atoms with E-state index < -0.39 is 20.0 Å². The van der Waals surface area contributed by atoms with Crippen molar-refractivity contribution in [1.82, 2.24) is 14.8 Å². The Morgan fingerprint density at radius 1 is 1.17 bits per heavy atom. The number of hydrogen-bond acceptors (Lipinski definition) is 7. The molecule has 2 N–H and O–H groups in total. The molecule has 0 saturated carbocycles. The number of pyridine rings is 1. The summed E-state index contributed by atoms with van der Waals surface area (Å²) in [5, 5.41) is 5.01. The summed E-state index contributed by atoms with van der Waals surface area (Å²) in [6, 6.07) is 1.69. The summed E-state index contributed by atoms with van der Waals surface area (Å²) < 4.78 is 18.5. The second kappa shape index (κ2) is 8.31. The molecule has 2 rings (SSSR count). The van der Waals surface area contributed by atoms with Crippen molar-refractivity contribution in [2.24, 2.45) is 0 Å². The van der Waals surface area contributed by atoms with Gasteiger partial charge in [-0.05, 0) is 45.0 Å². The highest BCUT2D eigenvalue weighted by Gasteiger charge is 2.36. The van der Waals surface area contributed by atoms with Gasteiger partial charge in [-0.3, -0.25) is 0 Å². The van der Waals surface area contributed by atoms with Gasteiger partial charge in [-0.1, -0.05) is 20.8 Å². The molecule has 0 aliphatic rings. The van der Waals surface area contributed by atoms with Crippen molar-refractivity contribution in [1.29, 1.82) is 0 Å². The lowest BCUT2D eigenvalue weighted by Crippen LogP contribution is -2.41. The van der Waals surface area contributed by atoms with E-state index in [1.165, 1.54) is 6.20 Å². The SMILES string of the molecule is CC(C)(C)OC(=O)n1nc(OCCCO[Si](C)(C)C(C)(C)C)c2cc(N)cnc21. The standard InChI is InChI=1S/C20H34N4O4Si/c1-19(2,3)28-18(25)24-16-15(12-14(21)13-22-16)17(23-24)26-10-9-11-27-29(7,8)20(4,5)6/h12-13H,9-11,21H2,1-8H3. The number of hydrogen-bond donors (Lipinski definition) is 1. The first-order chi connectivity index (χ1) is 13.2. The summed E-state index contributed by atoms with van der Waals surface area (Å²) in [4.78, 5) is 16.7. The van der Waals surface area contributed by atoms with Crippen molar-refractivity contribution in [2.75, 3.05) is 18.9 Å². The maximum absolute atomic E-state index is 12.5. The average Bonchev–Trinajstić information content (AvgIpc) is 2.90. The van der Waals surface area contributed by atoms with Crippen LogP contribution in [-0.2, 0) is 9.16 Å².